The fraction of sp³-hybridized carbons (Fsp3) is 0.405. The average Bonchev–Trinajstić information content (AvgIpc) is 3.35. The summed E-state index contributed by atoms with van der Waals surface area (Å²) in [5.41, 5.74) is 5.94. The quantitative estimate of drug-likeness (QED) is 0.0834. The van der Waals surface area contributed by atoms with Crippen LogP contribution in [0.15, 0.2) is 79.0 Å². The lowest BCUT2D eigenvalue weighted by Crippen LogP contribution is -2.12. The van der Waals surface area contributed by atoms with Crippen LogP contribution in [0.25, 0.3) is 10.9 Å². The SMILES string of the molecule is CCCCCC(Nc1cccc(C(=O)c2cn(CCCC(=O)OCC)c3ccccc23)c1)c1ccc(CC(C)C)cc1. The summed E-state index contributed by atoms with van der Waals surface area (Å²) < 4.78 is 7.15. The molecule has 0 amide bonds. The van der Waals surface area contributed by atoms with E-state index in [2.05, 4.69) is 61.0 Å². The van der Waals surface area contributed by atoms with Gasteiger partial charge in [0.05, 0.1) is 12.6 Å². The fourth-order valence-electron chi connectivity index (χ4n) is 5.62. The van der Waals surface area contributed by atoms with Gasteiger partial charge < -0.3 is 14.6 Å². The highest BCUT2D eigenvalue weighted by atomic mass is 16.5. The normalized spacial score (nSPS) is 12.0. The number of ketones is 1. The van der Waals surface area contributed by atoms with Crippen molar-refractivity contribution in [1.82, 2.24) is 4.57 Å². The minimum atomic E-state index is -0.186. The van der Waals surface area contributed by atoms with Crippen LogP contribution in [0.5, 0.6) is 0 Å². The van der Waals surface area contributed by atoms with E-state index in [0.717, 1.165) is 35.9 Å². The number of carbonyl (C=O) groups is 2. The molecular weight excluding hydrogens is 520 g/mol. The number of anilines is 1. The summed E-state index contributed by atoms with van der Waals surface area (Å²) in [5, 5.41) is 4.68. The van der Waals surface area contributed by atoms with E-state index in [4.69, 9.17) is 4.74 Å². The highest BCUT2D eigenvalue weighted by Crippen LogP contribution is 2.29. The molecule has 0 aliphatic carbocycles. The summed E-state index contributed by atoms with van der Waals surface area (Å²) in [5.74, 6) is 0.446. The lowest BCUT2D eigenvalue weighted by atomic mass is 9.96. The van der Waals surface area contributed by atoms with Crippen molar-refractivity contribution >= 4 is 28.3 Å². The van der Waals surface area contributed by atoms with Gasteiger partial charge in [0.15, 0.2) is 5.78 Å². The lowest BCUT2D eigenvalue weighted by Gasteiger charge is -2.21. The molecular formula is C37H46N2O3. The van der Waals surface area contributed by atoms with Crippen molar-refractivity contribution in [2.75, 3.05) is 11.9 Å². The van der Waals surface area contributed by atoms with Crippen LogP contribution in [0.4, 0.5) is 5.69 Å². The third kappa shape index (κ3) is 8.34. The van der Waals surface area contributed by atoms with Crippen LogP contribution in [-0.4, -0.2) is 22.9 Å². The smallest absolute Gasteiger partial charge is 0.305 e. The number of rotatable bonds is 16. The Bertz CT molecular complexity index is 1450. The molecule has 3 aromatic carbocycles. The molecule has 0 radical (unpaired) electrons. The minimum absolute atomic E-state index is 0.000404. The molecule has 4 rings (SSSR count). The second-order valence-corrected chi connectivity index (χ2v) is 11.6. The van der Waals surface area contributed by atoms with Crippen LogP contribution < -0.4 is 5.32 Å². The van der Waals surface area contributed by atoms with Gasteiger partial charge in [-0.3, -0.25) is 9.59 Å². The van der Waals surface area contributed by atoms with E-state index in [1.807, 2.05) is 55.6 Å². The number of para-hydroxylation sites is 1. The van der Waals surface area contributed by atoms with Crippen LogP contribution in [-0.2, 0) is 22.5 Å². The predicted molar refractivity (Wildman–Crippen MR) is 173 cm³/mol. The van der Waals surface area contributed by atoms with Gasteiger partial charge in [-0.05, 0) is 61.4 Å². The second kappa shape index (κ2) is 15.4. The van der Waals surface area contributed by atoms with E-state index in [0.29, 0.717) is 43.0 Å². The summed E-state index contributed by atoms with van der Waals surface area (Å²) in [6.07, 6.45) is 8.60. The molecule has 5 heteroatoms. The van der Waals surface area contributed by atoms with Crippen molar-refractivity contribution in [3.8, 4) is 0 Å². The first-order chi connectivity index (χ1) is 20.4. The summed E-state index contributed by atoms with van der Waals surface area (Å²) in [6, 6.07) is 25.1. The molecule has 1 heterocycles. The number of ether oxygens (including phenoxy) is 1. The highest BCUT2D eigenvalue weighted by molar-refractivity contribution is 6.16. The number of unbranched alkanes of at least 4 members (excludes halogenated alkanes) is 2. The Hall–Kier alpha value is -3.86. The molecule has 1 unspecified atom stereocenters. The summed E-state index contributed by atoms with van der Waals surface area (Å²) in [7, 11) is 0. The Morgan fingerprint density at radius 2 is 1.69 bits per heavy atom. The summed E-state index contributed by atoms with van der Waals surface area (Å²) in [4.78, 5) is 25.7. The van der Waals surface area contributed by atoms with E-state index in [9.17, 15) is 9.59 Å². The molecule has 0 aliphatic rings. The number of hydrogen-bond acceptors (Lipinski definition) is 4. The number of carbonyl (C=O) groups excluding carboxylic acids is 2. The molecule has 0 saturated carbocycles. The number of fused-ring (bicyclic) bond motifs is 1. The van der Waals surface area contributed by atoms with Gasteiger partial charge >= 0.3 is 5.97 Å². The van der Waals surface area contributed by atoms with Gasteiger partial charge in [0, 0.05) is 46.9 Å². The van der Waals surface area contributed by atoms with Crippen LogP contribution in [0, 0.1) is 5.92 Å². The number of hydrogen-bond donors (Lipinski definition) is 1. The molecule has 42 heavy (non-hydrogen) atoms. The molecule has 0 aliphatic heterocycles. The van der Waals surface area contributed by atoms with Crippen molar-refractivity contribution < 1.29 is 14.3 Å². The van der Waals surface area contributed by atoms with E-state index >= 15 is 0 Å². The summed E-state index contributed by atoms with van der Waals surface area (Å²) >= 11 is 0. The predicted octanol–water partition coefficient (Wildman–Crippen LogP) is 9.15. The summed E-state index contributed by atoms with van der Waals surface area (Å²) in [6.45, 7) is 9.58. The molecule has 0 saturated heterocycles. The van der Waals surface area contributed by atoms with Crippen LogP contribution in [0.3, 0.4) is 0 Å². The maximum absolute atomic E-state index is 13.9. The largest absolute Gasteiger partial charge is 0.466 e. The van der Waals surface area contributed by atoms with Crippen molar-refractivity contribution in [1.29, 1.82) is 0 Å². The first kappa shape index (κ1) is 31.1. The molecule has 0 bridgehead atoms. The van der Waals surface area contributed by atoms with Crippen molar-refractivity contribution in [2.45, 2.75) is 85.2 Å². The standard InChI is InChI=1S/C37H46N2O3/c1-5-7-8-16-34(29-21-19-28(20-22-29)24-27(3)4)38-31-14-11-13-30(25-31)37(41)33-26-39(23-12-18-36(40)42-6-2)35-17-10-9-15-32(33)35/h9-11,13-15,17,19-22,25-27,34,38H,5-8,12,16,18,23-24H2,1-4H3. The lowest BCUT2D eigenvalue weighted by molar-refractivity contribution is -0.143. The van der Waals surface area contributed by atoms with Crippen molar-refractivity contribution in [3.63, 3.8) is 0 Å². The van der Waals surface area contributed by atoms with Crippen LogP contribution in [0.1, 0.15) is 99.3 Å². The van der Waals surface area contributed by atoms with Crippen LogP contribution in [0.2, 0.25) is 0 Å². The number of nitrogens with zero attached hydrogens (tertiary/aromatic N) is 1. The third-order valence-corrected chi connectivity index (χ3v) is 7.71. The van der Waals surface area contributed by atoms with Crippen LogP contribution >= 0.6 is 0 Å². The Labute approximate surface area is 251 Å². The van der Waals surface area contributed by atoms with Gasteiger partial charge in [0.25, 0.3) is 0 Å². The fourth-order valence-corrected chi connectivity index (χ4v) is 5.62. The zero-order valence-electron chi connectivity index (χ0n) is 25.7. The molecule has 4 aromatic rings. The number of aryl methyl sites for hydroxylation is 1. The Balaban J connectivity index is 1.54. The van der Waals surface area contributed by atoms with Crippen molar-refractivity contribution in [2.24, 2.45) is 5.92 Å². The zero-order chi connectivity index (χ0) is 29.9. The zero-order valence-corrected chi connectivity index (χ0v) is 25.7. The first-order valence-electron chi connectivity index (χ1n) is 15.6. The molecule has 0 fully saturated rings. The third-order valence-electron chi connectivity index (χ3n) is 7.71. The van der Waals surface area contributed by atoms with E-state index in [1.54, 1.807) is 0 Å². The van der Waals surface area contributed by atoms with E-state index in [1.165, 1.54) is 24.0 Å². The van der Waals surface area contributed by atoms with Gasteiger partial charge in [-0.2, -0.15) is 0 Å². The van der Waals surface area contributed by atoms with Gasteiger partial charge in [0.1, 0.15) is 0 Å². The van der Waals surface area contributed by atoms with E-state index < -0.39 is 0 Å². The second-order valence-electron chi connectivity index (χ2n) is 11.6. The minimum Gasteiger partial charge on any atom is -0.466 e. The topological polar surface area (TPSA) is 60.3 Å². The van der Waals surface area contributed by atoms with Gasteiger partial charge in [0.2, 0.25) is 0 Å². The monoisotopic (exact) mass is 566 g/mol. The molecule has 1 aromatic heterocycles. The Kier molecular flexibility index (Phi) is 11.4. The molecule has 1 N–H and O–H groups in total. The Morgan fingerprint density at radius 3 is 2.43 bits per heavy atom. The number of benzene rings is 3. The molecule has 1 atom stereocenters. The van der Waals surface area contributed by atoms with Gasteiger partial charge in [-0.25, -0.2) is 0 Å². The number of esters is 1. The molecule has 0 spiro atoms. The highest BCUT2D eigenvalue weighted by Gasteiger charge is 2.18. The number of nitrogens with one attached hydrogen (secondary N) is 1. The van der Waals surface area contributed by atoms with Crippen molar-refractivity contribution in [3.05, 3.63) is 101 Å². The maximum atomic E-state index is 13.9. The Morgan fingerprint density at radius 1 is 0.905 bits per heavy atom. The average molecular weight is 567 g/mol. The van der Waals surface area contributed by atoms with Gasteiger partial charge in [-0.15, -0.1) is 0 Å². The number of aromatic nitrogens is 1. The first-order valence-corrected chi connectivity index (χ1v) is 15.6. The van der Waals surface area contributed by atoms with E-state index in [-0.39, 0.29) is 17.8 Å². The van der Waals surface area contributed by atoms with Gasteiger partial charge in [-0.1, -0.05) is 94.6 Å². The molecule has 5 nitrogen and oxygen atoms in total. The molecule has 222 valence electrons. The maximum Gasteiger partial charge on any atom is 0.305 e.